The molecule has 0 spiro atoms. The number of aromatic nitrogens is 1. The van der Waals surface area contributed by atoms with Gasteiger partial charge in [0.05, 0.1) is 0 Å². The SMILES string of the molecule is Cc1ccc(-c2nc(C(=O)OC(C)C(=O)Nc3c(C)cc(C)cc3C)cs2)cc1. The molecule has 0 saturated heterocycles. The van der Waals surface area contributed by atoms with Crippen LogP contribution < -0.4 is 5.32 Å². The molecule has 5 nitrogen and oxygen atoms in total. The molecule has 0 bridgehead atoms. The van der Waals surface area contributed by atoms with Gasteiger partial charge in [0, 0.05) is 16.6 Å². The van der Waals surface area contributed by atoms with Gasteiger partial charge in [0.15, 0.2) is 11.8 Å². The van der Waals surface area contributed by atoms with E-state index in [1.165, 1.54) is 11.3 Å². The fourth-order valence-corrected chi connectivity index (χ4v) is 3.87. The van der Waals surface area contributed by atoms with E-state index in [0.717, 1.165) is 38.5 Å². The van der Waals surface area contributed by atoms with Crippen LogP contribution in [0.5, 0.6) is 0 Å². The van der Waals surface area contributed by atoms with E-state index in [9.17, 15) is 9.59 Å². The van der Waals surface area contributed by atoms with Gasteiger partial charge in [-0.2, -0.15) is 0 Å². The number of nitrogens with one attached hydrogen (secondary N) is 1. The highest BCUT2D eigenvalue weighted by Gasteiger charge is 2.22. The summed E-state index contributed by atoms with van der Waals surface area (Å²) in [5.74, 6) is -0.984. The van der Waals surface area contributed by atoms with Crippen molar-refractivity contribution in [2.45, 2.75) is 40.7 Å². The van der Waals surface area contributed by atoms with Crippen molar-refractivity contribution in [2.75, 3.05) is 5.32 Å². The summed E-state index contributed by atoms with van der Waals surface area (Å²) in [6.45, 7) is 9.46. The van der Waals surface area contributed by atoms with Gasteiger partial charge in [-0.3, -0.25) is 4.79 Å². The average Bonchev–Trinajstić information content (AvgIpc) is 3.15. The van der Waals surface area contributed by atoms with E-state index < -0.39 is 12.1 Å². The van der Waals surface area contributed by atoms with Crippen molar-refractivity contribution in [1.82, 2.24) is 4.98 Å². The second kappa shape index (κ2) is 8.57. The van der Waals surface area contributed by atoms with Gasteiger partial charge in [-0.05, 0) is 45.7 Å². The molecular formula is C23H24N2O3S. The maximum atomic E-state index is 12.5. The second-order valence-electron chi connectivity index (χ2n) is 7.21. The highest BCUT2D eigenvalue weighted by Crippen LogP contribution is 2.25. The first-order valence-corrected chi connectivity index (χ1v) is 10.2. The van der Waals surface area contributed by atoms with Gasteiger partial charge in [0.25, 0.3) is 5.91 Å². The third kappa shape index (κ3) is 4.90. The number of hydrogen-bond donors (Lipinski definition) is 1. The fourth-order valence-electron chi connectivity index (χ4n) is 3.07. The largest absolute Gasteiger partial charge is 0.448 e. The highest BCUT2D eigenvalue weighted by atomic mass is 32.1. The Hall–Kier alpha value is -2.99. The molecular weight excluding hydrogens is 384 g/mol. The molecule has 0 saturated carbocycles. The molecule has 1 heterocycles. The van der Waals surface area contributed by atoms with Crippen molar-refractivity contribution in [3.05, 3.63) is 69.7 Å². The van der Waals surface area contributed by atoms with Gasteiger partial charge in [-0.1, -0.05) is 47.5 Å². The topological polar surface area (TPSA) is 68.3 Å². The quantitative estimate of drug-likeness (QED) is 0.587. The minimum Gasteiger partial charge on any atom is -0.448 e. The van der Waals surface area contributed by atoms with Crippen LogP contribution in [0.1, 0.15) is 39.7 Å². The van der Waals surface area contributed by atoms with E-state index in [2.05, 4.69) is 10.3 Å². The highest BCUT2D eigenvalue weighted by molar-refractivity contribution is 7.13. The zero-order valence-corrected chi connectivity index (χ0v) is 18.0. The second-order valence-corrected chi connectivity index (χ2v) is 8.07. The van der Waals surface area contributed by atoms with E-state index in [0.29, 0.717) is 0 Å². The van der Waals surface area contributed by atoms with Crippen LogP contribution in [-0.4, -0.2) is 23.0 Å². The van der Waals surface area contributed by atoms with Gasteiger partial charge in [0.2, 0.25) is 0 Å². The van der Waals surface area contributed by atoms with E-state index in [-0.39, 0.29) is 11.6 Å². The molecule has 3 aromatic rings. The fraction of sp³-hybridized carbons (Fsp3) is 0.261. The number of carbonyl (C=O) groups is 2. The summed E-state index contributed by atoms with van der Waals surface area (Å²) in [5.41, 5.74) is 6.12. The van der Waals surface area contributed by atoms with Gasteiger partial charge in [0.1, 0.15) is 5.01 Å². The van der Waals surface area contributed by atoms with Crippen LogP contribution in [0, 0.1) is 27.7 Å². The average molecular weight is 409 g/mol. The number of ether oxygens (including phenoxy) is 1. The monoisotopic (exact) mass is 408 g/mol. The summed E-state index contributed by atoms with van der Waals surface area (Å²) in [7, 11) is 0. The van der Waals surface area contributed by atoms with Crippen LogP contribution in [0.4, 0.5) is 5.69 Å². The molecule has 1 aromatic heterocycles. The zero-order chi connectivity index (χ0) is 21.1. The number of rotatable bonds is 5. The Bertz CT molecular complexity index is 1030. The van der Waals surface area contributed by atoms with Gasteiger partial charge in [-0.15, -0.1) is 11.3 Å². The van der Waals surface area contributed by atoms with Crippen molar-refractivity contribution in [1.29, 1.82) is 0 Å². The molecule has 0 aliphatic carbocycles. The molecule has 1 amide bonds. The van der Waals surface area contributed by atoms with E-state index in [1.807, 2.05) is 64.1 Å². The van der Waals surface area contributed by atoms with Crippen LogP contribution >= 0.6 is 11.3 Å². The standard InChI is InChI=1S/C23H24N2O3S/c1-13-6-8-18(9-7-13)22-24-19(12-29-22)23(27)28-17(5)21(26)25-20-15(3)10-14(2)11-16(20)4/h6-12,17H,1-5H3,(H,25,26). The third-order valence-corrected chi connectivity index (χ3v) is 5.48. The Balaban J connectivity index is 1.66. The normalized spacial score (nSPS) is 11.8. The first-order chi connectivity index (χ1) is 13.7. The molecule has 150 valence electrons. The first kappa shape index (κ1) is 20.7. The predicted octanol–water partition coefficient (Wildman–Crippen LogP) is 5.23. The summed E-state index contributed by atoms with van der Waals surface area (Å²) in [6.07, 6.45) is -0.938. The van der Waals surface area contributed by atoms with Crippen molar-refractivity contribution in [3.8, 4) is 10.6 Å². The Morgan fingerprint density at radius 2 is 1.62 bits per heavy atom. The maximum absolute atomic E-state index is 12.5. The molecule has 1 atom stereocenters. The molecule has 6 heteroatoms. The lowest BCUT2D eigenvalue weighted by Gasteiger charge is -2.16. The molecule has 0 aliphatic rings. The Morgan fingerprint density at radius 3 is 2.24 bits per heavy atom. The maximum Gasteiger partial charge on any atom is 0.358 e. The Morgan fingerprint density at radius 1 is 1.00 bits per heavy atom. The van der Waals surface area contributed by atoms with Crippen molar-refractivity contribution in [3.63, 3.8) is 0 Å². The Labute approximate surface area is 174 Å². The summed E-state index contributed by atoms with van der Waals surface area (Å²) >= 11 is 1.37. The molecule has 29 heavy (non-hydrogen) atoms. The van der Waals surface area contributed by atoms with Gasteiger partial charge >= 0.3 is 5.97 Å². The van der Waals surface area contributed by atoms with Gasteiger partial charge < -0.3 is 10.1 Å². The number of hydrogen-bond acceptors (Lipinski definition) is 5. The lowest BCUT2D eigenvalue weighted by molar-refractivity contribution is -0.123. The first-order valence-electron chi connectivity index (χ1n) is 9.37. The smallest absolute Gasteiger partial charge is 0.358 e. The van der Waals surface area contributed by atoms with E-state index >= 15 is 0 Å². The van der Waals surface area contributed by atoms with E-state index in [1.54, 1.807) is 12.3 Å². The zero-order valence-electron chi connectivity index (χ0n) is 17.2. The lowest BCUT2D eigenvalue weighted by atomic mass is 10.0. The summed E-state index contributed by atoms with van der Waals surface area (Å²) in [4.78, 5) is 29.3. The van der Waals surface area contributed by atoms with Crippen LogP contribution in [0.25, 0.3) is 10.6 Å². The molecule has 0 radical (unpaired) electrons. The third-order valence-electron chi connectivity index (χ3n) is 4.59. The summed E-state index contributed by atoms with van der Waals surface area (Å²) < 4.78 is 5.34. The van der Waals surface area contributed by atoms with Gasteiger partial charge in [-0.25, -0.2) is 9.78 Å². The van der Waals surface area contributed by atoms with Crippen molar-refractivity contribution >= 4 is 28.9 Å². The van der Waals surface area contributed by atoms with E-state index in [4.69, 9.17) is 4.74 Å². The summed E-state index contributed by atoms with van der Waals surface area (Å²) in [6, 6.07) is 11.9. The predicted molar refractivity (Wildman–Crippen MR) is 116 cm³/mol. The Kier molecular flexibility index (Phi) is 6.13. The minimum absolute atomic E-state index is 0.202. The molecule has 1 N–H and O–H groups in total. The van der Waals surface area contributed by atoms with Crippen LogP contribution in [0.2, 0.25) is 0 Å². The van der Waals surface area contributed by atoms with Crippen molar-refractivity contribution in [2.24, 2.45) is 0 Å². The number of esters is 1. The number of carbonyl (C=O) groups excluding carboxylic acids is 2. The molecule has 2 aromatic carbocycles. The van der Waals surface area contributed by atoms with Crippen molar-refractivity contribution < 1.29 is 14.3 Å². The number of nitrogens with zero attached hydrogens (tertiary/aromatic N) is 1. The number of aryl methyl sites for hydroxylation is 4. The minimum atomic E-state index is -0.938. The van der Waals surface area contributed by atoms with Crippen LogP contribution in [0.3, 0.4) is 0 Å². The summed E-state index contributed by atoms with van der Waals surface area (Å²) in [5, 5.41) is 5.25. The number of benzene rings is 2. The lowest BCUT2D eigenvalue weighted by Crippen LogP contribution is -2.30. The molecule has 1 unspecified atom stereocenters. The molecule has 0 aliphatic heterocycles. The number of thiazole rings is 1. The van der Waals surface area contributed by atoms with Crippen LogP contribution in [-0.2, 0) is 9.53 Å². The van der Waals surface area contributed by atoms with Crippen LogP contribution in [0.15, 0.2) is 41.8 Å². The number of amides is 1. The molecule has 3 rings (SSSR count). The molecule has 0 fully saturated rings. The number of anilines is 1.